The van der Waals surface area contributed by atoms with Crippen LogP contribution in [0.4, 0.5) is 0 Å². The van der Waals surface area contributed by atoms with Gasteiger partial charge in [0, 0.05) is 36.9 Å². The summed E-state index contributed by atoms with van der Waals surface area (Å²) in [5, 5.41) is 10.9. The highest BCUT2D eigenvalue weighted by atomic mass is 32.1. The maximum Gasteiger partial charge on any atom is 0.0897 e. The van der Waals surface area contributed by atoms with Crippen LogP contribution in [0, 0.1) is 6.92 Å². The highest BCUT2D eigenvalue weighted by molar-refractivity contribution is 7.09. The number of nitrogens with one attached hydrogen (secondary N) is 1. The van der Waals surface area contributed by atoms with E-state index in [1.807, 2.05) is 30.1 Å². The summed E-state index contributed by atoms with van der Waals surface area (Å²) in [6, 6.07) is 2.43. The number of aromatic nitrogens is 3. The molecule has 0 saturated heterocycles. The summed E-state index contributed by atoms with van der Waals surface area (Å²) < 4.78 is 1.96. The van der Waals surface area contributed by atoms with Crippen molar-refractivity contribution in [3.63, 3.8) is 0 Å². The maximum atomic E-state index is 4.43. The molecule has 0 amide bonds. The van der Waals surface area contributed by atoms with Crippen molar-refractivity contribution in [2.75, 3.05) is 0 Å². The number of hydrogen-bond acceptors (Lipinski definition) is 4. The minimum atomic E-state index is 0.473. The van der Waals surface area contributed by atoms with E-state index in [9.17, 15) is 0 Å². The Morgan fingerprint density at radius 3 is 3.06 bits per heavy atom. The minimum Gasteiger partial charge on any atom is -0.309 e. The first-order valence-electron chi connectivity index (χ1n) is 5.86. The second-order valence-corrected chi connectivity index (χ2v) is 5.26. The fourth-order valence-corrected chi connectivity index (χ4v) is 2.24. The van der Waals surface area contributed by atoms with Crippen LogP contribution in [0.25, 0.3) is 0 Å². The van der Waals surface area contributed by atoms with Crippen LogP contribution in [0.2, 0.25) is 0 Å². The molecule has 2 aromatic rings. The van der Waals surface area contributed by atoms with Gasteiger partial charge in [0.25, 0.3) is 0 Å². The Balaban J connectivity index is 1.69. The summed E-state index contributed by atoms with van der Waals surface area (Å²) in [7, 11) is 0. The van der Waals surface area contributed by atoms with E-state index in [0.717, 1.165) is 30.2 Å². The molecule has 0 spiro atoms. The number of nitrogens with zero attached hydrogens (tertiary/aromatic N) is 3. The zero-order valence-electron chi connectivity index (χ0n) is 10.3. The van der Waals surface area contributed by atoms with Gasteiger partial charge in [-0.25, -0.2) is 4.98 Å². The molecule has 17 heavy (non-hydrogen) atoms. The standard InChI is InChI=1S/C12H18N4S/c1-10(4-7-16-6-3-5-14-16)13-8-12-9-17-11(2)15-12/h3,5-6,9-10,13H,4,7-8H2,1-2H3. The topological polar surface area (TPSA) is 42.7 Å². The van der Waals surface area contributed by atoms with Gasteiger partial charge in [0.2, 0.25) is 0 Å². The Morgan fingerprint density at radius 1 is 1.53 bits per heavy atom. The highest BCUT2D eigenvalue weighted by Crippen LogP contribution is 2.07. The van der Waals surface area contributed by atoms with Gasteiger partial charge in [0.05, 0.1) is 10.7 Å². The lowest BCUT2D eigenvalue weighted by Crippen LogP contribution is -2.27. The zero-order valence-corrected chi connectivity index (χ0v) is 11.1. The maximum absolute atomic E-state index is 4.43. The molecule has 0 bridgehead atoms. The average molecular weight is 250 g/mol. The summed E-state index contributed by atoms with van der Waals surface area (Å²) in [6.45, 7) is 6.04. The molecule has 1 unspecified atom stereocenters. The molecule has 0 fully saturated rings. The molecule has 2 heterocycles. The van der Waals surface area contributed by atoms with Gasteiger partial charge in [-0.05, 0) is 26.3 Å². The normalized spacial score (nSPS) is 12.8. The molecule has 0 aliphatic rings. The van der Waals surface area contributed by atoms with Crippen molar-refractivity contribution >= 4 is 11.3 Å². The van der Waals surface area contributed by atoms with Crippen molar-refractivity contribution in [2.24, 2.45) is 0 Å². The Kier molecular flexibility index (Phi) is 4.28. The molecule has 0 aliphatic carbocycles. The van der Waals surface area contributed by atoms with Gasteiger partial charge in [-0.15, -0.1) is 11.3 Å². The second-order valence-electron chi connectivity index (χ2n) is 4.20. The Hall–Kier alpha value is -1.20. The monoisotopic (exact) mass is 250 g/mol. The van der Waals surface area contributed by atoms with Crippen molar-refractivity contribution in [1.29, 1.82) is 0 Å². The van der Waals surface area contributed by atoms with Gasteiger partial charge in [0.15, 0.2) is 0 Å². The molecular weight excluding hydrogens is 232 g/mol. The highest BCUT2D eigenvalue weighted by Gasteiger charge is 2.03. The smallest absolute Gasteiger partial charge is 0.0897 e. The molecular formula is C12H18N4S. The van der Waals surface area contributed by atoms with Crippen LogP contribution >= 0.6 is 11.3 Å². The van der Waals surface area contributed by atoms with E-state index in [0.29, 0.717) is 6.04 Å². The average Bonchev–Trinajstić information content (AvgIpc) is 2.95. The first-order chi connectivity index (χ1) is 8.24. The van der Waals surface area contributed by atoms with Gasteiger partial charge in [-0.3, -0.25) is 4.68 Å². The molecule has 0 aliphatic heterocycles. The largest absolute Gasteiger partial charge is 0.309 e. The summed E-state index contributed by atoms with van der Waals surface area (Å²) in [5.41, 5.74) is 1.14. The van der Waals surface area contributed by atoms with E-state index in [-0.39, 0.29) is 0 Å². The van der Waals surface area contributed by atoms with Crippen molar-refractivity contribution in [3.8, 4) is 0 Å². The van der Waals surface area contributed by atoms with Gasteiger partial charge in [0.1, 0.15) is 0 Å². The minimum absolute atomic E-state index is 0.473. The molecule has 2 rings (SSSR count). The number of thiazole rings is 1. The van der Waals surface area contributed by atoms with Crippen LogP contribution < -0.4 is 5.32 Å². The van der Waals surface area contributed by atoms with Crippen LogP contribution in [-0.4, -0.2) is 20.8 Å². The lowest BCUT2D eigenvalue weighted by molar-refractivity contribution is 0.456. The van der Waals surface area contributed by atoms with E-state index in [1.54, 1.807) is 11.3 Å². The quantitative estimate of drug-likeness (QED) is 0.855. The first-order valence-corrected chi connectivity index (χ1v) is 6.74. The number of hydrogen-bond donors (Lipinski definition) is 1. The van der Waals surface area contributed by atoms with Crippen molar-refractivity contribution in [1.82, 2.24) is 20.1 Å². The van der Waals surface area contributed by atoms with Crippen molar-refractivity contribution < 1.29 is 0 Å². The van der Waals surface area contributed by atoms with Crippen LogP contribution in [0.5, 0.6) is 0 Å². The molecule has 0 saturated carbocycles. The molecule has 0 radical (unpaired) electrons. The van der Waals surface area contributed by atoms with Crippen molar-refractivity contribution in [2.45, 2.75) is 39.4 Å². The third-order valence-corrected chi connectivity index (χ3v) is 3.47. The van der Waals surface area contributed by atoms with E-state index in [1.165, 1.54) is 0 Å². The number of aryl methyl sites for hydroxylation is 2. The van der Waals surface area contributed by atoms with E-state index in [4.69, 9.17) is 0 Å². The van der Waals surface area contributed by atoms with Gasteiger partial charge in [-0.2, -0.15) is 5.10 Å². The summed E-state index contributed by atoms with van der Waals surface area (Å²) in [4.78, 5) is 4.43. The first kappa shape index (κ1) is 12.3. The lowest BCUT2D eigenvalue weighted by Gasteiger charge is -2.12. The van der Waals surface area contributed by atoms with Crippen LogP contribution in [0.3, 0.4) is 0 Å². The van der Waals surface area contributed by atoms with Gasteiger partial charge >= 0.3 is 0 Å². The van der Waals surface area contributed by atoms with Gasteiger partial charge < -0.3 is 5.32 Å². The molecule has 1 atom stereocenters. The Labute approximate surface area is 106 Å². The predicted molar refractivity (Wildman–Crippen MR) is 70.0 cm³/mol. The zero-order chi connectivity index (χ0) is 12.1. The van der Waals surface area contributed by atoms with Gasteiger partial charge in [-0.1, -0.05) is 0 Å². The van der Waals surface area contributed by atoms with Crippen LogP contribution in [-0.2, 0) is 13.1 Å². The Bertz CT molecular complexity index is 435. The summed E-state index contributed by atoms with van der Waals surface area (Å²) in [6.07, 6.45) is 4.89. The van der Waals surface area contributed by atoms with Crippen LogP contribution in [0.1, 0.15) is 24.0 Å². The summed E-state index contributed by atoms with van der Waals surface area (Å²) in [5.74, 6) is 0. The van der Waals surface area contributed by atoms with Crippen LogP contribution in [0.15, 0.2) is 23.8 Å². The second kappa shape index (κ2) is 5.93. The summed E-state index contributed by atoms with van der Waals surface area (Å²) >= 11 is 1.70. The number of rotatable bonds is 6. The predicted octanol–water partition coefficient (Wildman–Crippen LogP) is 2.22. The van der Waals surface area contributed by atoms with E-state index < -0.39 is 0 Å². The molecule has 0 aromatic carbocycles. The molecule has 92 valence electrons. The van der Waals surface area contributed by atoms with E-state index in [2.05, 4.69) is 27.7 Å². The van der Waals surface area contributed by atoms with Crippen molar-refractivity contribution in [3.05, 3.63) is 34.5 Å². The fourth-order valence-electron chi connectivity index (χ4n) is 1.63. The van der Waals surface area contributed by atoms with E-state index >= 15 is 0 Å². The fraction of sp³-hybridized carbons (Fsp3) is 0.500. The lowest BCUT2D eigenvalue weighted by atomic mass is 10.2. The third kappa shape index (κ3) is 3.94. The molecule has 4 nitrogen and oxygen atoms in total. The Morgan fingerprint density at radius 2 is 2.41 bits per heavy atom. The molecule has 1 N–H and O–H groups in total. The SMILES string of the molecule is Cc1nc(CNC(C)CCn2cccn2)cs1. The molecule has 2 aromatic heterocycles. The third-order valence-electron chi connectivity index (χ3n) is 2.65. The molecule has 5 heteroatoms.